The molecule has 0 saturated carbocycles. The number of rotatable bonds is 21. The molecule has 0 fully saturated rings. The van der Waals surface area contributed by atoms with E-state index in [1.165, 1.54) is 6.92 Å². The van der Waals surface area contributed by atoms with Gasteiger partial charge in [-0.3, -0.25) is 19.2 Å². The molecule has 0 aromatic rings. The molecule has 6 N–H and O–H groups in total. The van der Waals surface area contributed by atoms with Crippen LogP contribution in [0.25, 0.3) is 22.1 Å². The van der Waals surface area contributed by atoms with Crippen LogP contribution in [0.5, 0.6) is 0 Å². The number of nitrogens with two attached hydrogens (primary N) is 1. The Morgan fingerprint density at radius 1 is 0.943 bits per heavy atom. The van der Waals surface area contributed by atoms with Crippen molar-refractivity contribution in [1.82, 2.24) is 10.6 Å². The number of hydrogen-bond donors (Lipinski definition) is 3. The Balaban J connectivity index is 0. The van der Waals surface area contributed by atoms with Gasteiger partial charge >= 0.3 is 24.6 Å². The van der Waals surface area contributed by atoms with Crippen LogP contribution in [0.3, 0.4) is 0 Å². The van der Waals surface area contributed by atoms with Crippen molar-refractivity contribution in [3.63, 3.8) is 0 Å². The van der Waals surface area contributed by atoms with E-state index in [1.54, 1.807) is 0 Å². The molecule has 14 heteroatoms. The van der Waals surface area contributed by atoms with E-state index < -0.39 is 29.6 Å². The molecule has 35 heavy (non-hydrogen) atoms. The van der Waals surface area contributed by atoms with Crippen LogP contribution in [0.2, 0.25) is 0 Å². The molecule has 0 aliphatic rings. The Bertz CT molecular complexity index is 638. The van der Waals surface area contributed by atoms with Crippen LogP contribution in [0.1, 0.15) is 51.9 Å². The van der Waals surface area contributed by atoms with Gasteiger partial charge in [0.25, 0.3) is 0 Å². The fourth-order valence-electron chi connectivity index (χ4n) is 3.08. The summed E-state index contributed by atoms with van der Waals surface area (Å²) in [4.78, 5) is 46.5. The third-order valence-electron chi connectivity index (χ3n) is 4.65. The first-order valence-corrected chi connectivity index (χ1v) is 13.0. The van der Waals surface area contributed by atoms with E-state index in [0.717, 1.165) is 0 Å². The van der Waals surface area contributed by atoms with Crippen molar-refractivity contribution >= 4 is 23.5 Å². The Kier molecular flexibility index (Phi) is 25.5. The summed E-state index contributed by atoms with van der Waals surface area (Å²) >= 11 is -1.91. The van der Waals surface area contributed by atoms with Gasteiger partial charge in [-0.1, -0.05) is 5.92 Å². The van der Waals surface area contributed by atoms with Gasteiger partial charge in [0.05, 0.1) is 0 Å². The van der Waals surface area contributed by atoms with E-state index in [1.807, 2.05) is 0 Å². The minimum absolute atomic E-state index is 0.00357. The molecule has 0 radical (unpaired) electrons. The van der Waals surface area contributed by atoms with Gasteiger partial charge in [0.1, 0.15) is 11.8 Å². The second-order valence-electron chi connectivity index (χ2n) is 7.79. The van der Waals surface area contributed by atoms with Gasteiger partial charge in [-0.2, -0.15) is 26.2 Å². The molecule has 0 bridgehead atoms. The molecule has 0 saturated heterocycles. The van der Waals surface area contributed by atoms with Gasteiger partial charge in [-0.15, -0.1) is 13.1 Å². The van der Waals surface area contributed by atoms with Crippen LogP contribution in [0.15, 0.2) is 0 Å². The molecule has 0 rings (SSSR count). The Labute approximate surface area is 215 Å². The molecule has 0 spiro atoms. The van der Waals surface area contributed by atoms with Gasteiger partial charge in [0, 0.05) is 32.7 Å². The van der Waals surface area contributed by atoms with Gasteiger partial charge in [0.2, 0.25) is 17.7 Å². The molecule has 0 aliphatic heterocycles. The van der Waals surface area contributed by atoms with Crippen LogP contribution in [0.4, 0.5) is 0 Å². The third-order valence-corrected chi connectivity index (χ3v) is 4.65. The minimum atomic E-state index is -1.91. The van der Waals surface area contributed by atoms with E-state index in [2.05, 4.69) is 21.3 Å². The van der Waals surface area contributed by atoms with Crippen molar-refractivity contribution in [2.24, 2.45) is 11.7 Å². The number of carbonyl (C=O) groups is 4. The van der Waals surface area contributed by atoms with E-state index >= 15 is 0 Å². The summed E-state index contributed by atoms with van der Waals surface area (Å²) in [5.41, 5.74) is 19.5. The topological polar surface area (TPSA) is 228 Å². The first-order chi connectivity index (χ1) is 16.7. The number of nitrogens with zero attached hydrogens (tertiary/aromatic N) is 2. The van der Waals surface area contributed by atoms with Gasteiger partial charge in [-0.05, 0) is 25.7 Å². The molecule has 0 heterocycles. The van der Waals surface area contributed by atoms with Crippen LogP contribution in [-0.4, -0.2) is 75.4 Å². The molecule has 13 nitrogen and oxygen atoms in total. The second-order valence-corrected chi connectivity index (χ2v) is 8.10. The number of nitrogens with one attached hydrogen (secondary N) is 4. The molecule has 0 aromatic heterocycles. The number of unbranched alkanes of at least 4 members (excludes halogenated alkanes) is 1. The van der Waals surface area contributed by atoms with Gasteiger partial charge < -0.3 is 38.5 Å². The zero-order valence-electron chi connectivity index (χ0n) is 20.4. The van der Waals surface area contributed by atoms with Gasteiger partial charge in [-0.25, -0.2) is 0 Å². The SMILES string of the molecule is CC(=O)N[C@@H](CCCCNC(=O)CCCC(=O)CC(C[N-]CC[NH-])C[N-]CC[NH-])C(N)=O.[O]=[Tc]=[O]. The van der Waals surface area contributed by atoms with Crippen molar-refractivity contribution in [1.29, 1.82) is 0 Å². The molecular weight excluding hydrogens is 544 g/mol. The molecule has 3 amide bonds. The second kappa shape index (κ2) is 25.3. The predicted molar refractivity (Wildman–Crippen MR) is 127 cm³/mol. The first-order valence-electron chi connectivity index (χ1n) is 11.5. The normalized spacial score (nSPS) is 11.2. The summed E-state index contributed by atoms with van der Waals surface area (Å²) in [7, 11) is 0. The molecule has 0 unspecified atom stereocenters. The first kappa shape index (κ1) is 35.3. The van der Waals surface area contributed by atoms with E-state index in [0.29, 0.717) is 71.2 Å². The van der Waals surface area contributed by atoms with Crippen molar-refractivity contribution in [3.8, 4) is 0 Å². The fourth-order valence-corrected chi connectivity index (χ4v) is 3.08. The van der Waals surface area contributed by atoms with E-state index in [4.69, 9.17) is 24.2 Å². The number of carbonyl (C=O) groups excluding carboxylic acids is 4. The number of Topliss-reactive ketones (excluding diaryl/α,β-unsaturated/α-hetero) is 1. The molecule has 0 aromatic carbocycles. The summed E-state index contributed by atoms with van der Waals surface area (Å²) < 4.78 is 17.0. The monoisotopic (exact) mass is 582 g/mol. The Morgan fingerprint density at radius 2 is 1.51 bits per heavy atom. The average Bonchev–Trinajstić information content (AvgIpc) is 2.78. The number of primary amides is 1. The average molecular weight is 584 g/mol. The summed E-state index contributed by atoms with van der Waals surface area (Å²) in [5.74, 6) is -0.950. The number of hydrogen-bond acceptors (Lipinski definition) is 6. The predicted octanol–water partition coefficient (Wildman–Crippen LogP) is 1.62. The van der Waals surface area contributed by atoms with Crippen molar-refractivity contribution < 1.29 is 43.8 Å². The van der Waals surface area contributed by atoms with Crippen molar-refractivity contribution in [2.45, 2.75) is 57.9 Å². The zero-order valence-corrected chi connectivity index (χ0v) is 22.2. The summed E-state index contributed by atoms with van der Waals surface area (Å²) in [6.45, 7) is 4.09. The Hall–Kier alpha value is -1.83. The third kappa shape index (κ3) is 25.1. The molecule has 205 valence electrons. The standard InChI is InChI=1S/C21H39N7O4.2O.Tc/c1-16(29)28-19(21(24)32)6-2-3-10-27-20(31)7-4-5-18(30)13-17(14-25-11-8-22)15-26-12-9-23;;;/h17,19,22-23H,2-15H2,1H3,(H2,24,32)(H,27,31)(H,28,29);;;/q-4;;;/t19-;;;/m0.../s1. The maximum absolute atomic E-state index is 12.2. The van der Waals surface area contributed by atoms with Crippen LogP contribution < -0.4 is 16.4 Å². The quantitative estimate of drug-likeness (QED) is 0.170. The van der Waals surface area contributed by atoms with Crippen LogP contribution in [0, 0.1) is 5.92 Å². The van der Waals surface area contributed by atoms with E-state index in [9.17, 15) is 19.2 Å². The van der Waals surface area contributed by atoms with Crippen LogP contribution in [-0.2, 0) is 43.8 Å². The van der Waals surface area contributed by atoms with E-state index in [-0.39, 0.29) is 43.0 Å². The summed E-state index contributed by atoms with van der Waals surface area (Å²) in [6.07, 6.45) is 3.10. The Morgan fingerprint density at radius 3 is 2.00 bits per heavy atom. The number of ketones is 1. The molecule has 0 aliphatic carbocycles. The summed E-state index contributed by atoms with van der Waals surface area (Å²) in [6, 6.07) is -0.697. The zero-order chi connectivity index (χ0) is 26.9. The number of amides is 3. The van der Waals surface area contributed by atoms with Crippen LogP contribution >= 0.6 is 0 Å². The van der Waals surface area contributed by atoms with Crippen molar-refractivity contribution in [3.05, 3.63) is 22.1 Å². The van der Waals surface area contributed by atoms with Gasteiger partial charge in [0.15, 0.2) is 0 Å². The molecular formula is C21H39N7O6Tc-4. The summed E-state index contributed by atoms with van der Waals surface area (Å²) in [5, 5.41) is 13.8. The van der Waals surface area contributed by atoms with Crippen molar-refractivity contribution in [2.75, 3.05) is 45.8 Å². The maximum atomic E-state index is 12.2. The molecule has 1 atom stereocenters. The fraction of sp³-hybridized carbons (Fsp3) is 0.810.